The third kappa shape index (κ3) is 5.93. The van der Waals surface area contributed by atoms with Crippen LogP contribution in [0.5, 0.6) is 0 Å². The maximum Gasteiger partial charge on any atom is 0.227 e. The van der Waals surface area contributed by atoms with Crippen molar-refractivity contribution in [3.63, 3.8) is 0 Å². The number of benzene rings is 1. The number of hydrogen-bond acceptors (Lipinski definition) is 4. The molecule has 1 amide bonds. The lowest BCUT2D eigenvalue weighted by molar-refractivity contribution is -0.132. The molecule has 1 unspecified atom stereocenters. The Kier molecular flexibility index (Phi) is 7.77. The molecule has 2 heterocycles. The molecule has 0 aliphatic carbocycles. The number of hydrogen-bond donors (Lipinski definition) is 0. The van der Waals surface area contributed by atoms with E-state index in [9.17, 15) is 4.79 Å². The molecule has 3 nitrogen and oxygen atoms in total. The average molecular weight is 393 g/mol. The average Bonchev–Trinajstić information content (AvgIpc) is 3.00. The Morgan fingerprint density at radius 1 is 1.15 bits per heavy atom. The summed E-state index contributed by atoms with van der Waals surface area (Å²) >= 11 is 3.89. The number of likely N-dealkylation sites (tertiary alicyclic amines) is 1. The molecule has 0 bridgehead atoms. The molecule has 1 aromatic rings. The monoisotopic (exact) mass is 392 g/mol. The predicted molar refractivity (Wildman–Crippen MR) is 114 cm³/mol. The van der Waals surface area contributed by atoms with E-state index in [-0.39, 0.29) is 0 Å². The van der Waals surface area contributed by atoms with Gasteiger partial charge in [0.2, 0.25) is 5.91 Å². The van der Waals surface area contributed by atoms with Crippen LogP contribution in [0, 0.1) is 0 Å². The largest absolute Gasteiger partial charge is 0.337 e. The summed E-state index contributed by atoms with van der Waals surface area (Å²) in [6.45, 7) is 8.81. The fraction of sp³-hybridized carbons (Fsp3) is 0.667. The number of thioether (sulfide) groups is 2. The van der Waals surface area contributed by atoms with Crippen molar-refractivity contribution in [3.8, 4) is 0 Å². The Morgan fingerprint density at radius 3 is 2.58 bits per heavy atom. The van der Waals surface area contributed by atoms with Crippen LogP contribution in [0.4, 0.5) is 0 Å². The van der Waals surface area contributed by atoms with Crippen LogP contribution in [0.1, 0.15) is 38.7 Å². The smallest absolute Gasteiger partial charge is 0.227 e. The minimum Gasteiger partial charge on any atom is -0.337 e. The normalized spacial score (nSPS) is 22.0. The van der Waals surface area contributed by atoms with Crippen LogP contribution < -0.4 is 0 Å². The van der Waals surface area contributed by atoms with E-state index in [4.69, 9.17) is 0 Å². The lowest BCUT2D eigenvalue weighted by Crippen LogP contribution is -2.48. The van der Waals surface area contributed by atoms with E-state index in [1.165, 1.54) is 36.6 Å². The summed E-state index contributed by atoms with van der Waals surface area (Å²) in [6, 6.07) is 8.96. The van der Waals surface area contributed by atoms with Crippen molar-refractivity contribution in [3.05, 3.63) is 29.8 Å². The van der Waals surface area contributed by atoms with Crippen molar-refractivity contribution in [2.75, 3.05) is 37.7 Å². The summed E-state index contributed by atoms with van der Waals surface area (Å²) in [5.41, 5.74) is 1.14. The van der Waals surface area contributed by atoms with Crippen molar-refractivity contribution >= 4 is 29.4 Å². The fourth-order valence-electron chi connectivity index (χ4n) is 3.81. The minimum atomic E-state index is 0.306. The van der Waals surface area contributed by atoms with E-state index in [1.807, 2.05) is 23.5 Å². The Hall–Kier alpha value is -0.650. The van der Waals surface area contributed by atoms with E-state index in [1.54, 1.807) is 0 Å². The van der Waals surface area contributed by atoms with Crippen LogP contribution in [-0.2, 0) is 11.2 Å². The Balaban J connectivity index is 1.61. The zero-order chi connectivity index (χ0) is 18.4. The number of carbonyl (C=O) groups excluding carboxylic acids is 1. The van der Waals surface area contributed by atoms with Crippen molar-refractivity contribution in [2.45, 2.75) is 55.7 Å². The maximum atomic E-state index is 13.1. The van der Waals surface area contributed by atoms with Gasteiger partial charge in [0.05, 0.1) is 12.5 Å². The minimum absolute atomic E-state index is 0.306. The molecule has 0 N–H and O–H groups in total. The molecular weight excluding hydrogens is 360 g/mol. The highest BCUT2D eigenvalue weighted by atomic mass is 32.2. The topological polar surface area (TPSA) is 23.6 Å². The van der Waals surface area contributed by atoms with E-state index in [0.29, 0.717) is 23.6 Å². The highest BCUT2D eigenvalue weighted by Gasteiger charge is 2.28. The van der Waals surface area contributed by atoms with Gasteiger partial charge in [-0.05, 0) is 55.8 Å². The van der Waals surface area contributed by atoms with E-state index in [0.717, 1.165) is 30.8 Å². The van der Waals surface area contributed by atoms with Crippen LogP contribution in [-0.4, -0.2) is 64.7 Å². The molecule has 0 spiro atoms. The van der Waals surface area contributed by atoms with E-state index in [2.05, 4.69) is 47.9 Å². The second kappa shape index (κ2) is 10.0. The Morgan fingerprint density at radius 2 is 1.88 bits per heavy atom. The molecule has 3 rings (SSSR count). The number of amides is 1. The second-order valence-electron chi connectivity index (χ2n) is 7.66. The van der Waals surface area contributed by atoms with Crippen molar-refractivity contribution in [2.24, 2.45) is 0 Å². The lowest BCUT2D eigenvalue weighted by Gasteiger charge is -2.33. The summed E-state index contributed by atoms with van der Waals surface area (Å²) in [5, 5.41) is 0.587. The van der Waals surface area contributed by atoms with Crippen molar-refractivity contribution in [1.82, 2.24) is 9.80 Å². The van der Waals surface area contributed by atoms with Crippen LogP contribution >= 0.6 is 23.5 Å². The first kappa shape index (κ1) is 20.1. The summed E-state index contributed by atoms with van der Waals surface area (Å²) < 4.78 is 0. The van der Waals surface area contributed by atoms with Crippen molar-refractivity contribution < 1.29 is 4.79 Å². The molecule has 0 radical (unpaired) electrons. The molecule has 144 valence electrons. The molecule has 0 saturated carbocycles. The first-order valence-electron chi connectivity index (χ1n) is 9.97. The van der Waals surface area contributed by atoms with E-state index < -0.39 is 0 Å². The summed E-state index contributed by atoms with van der Waals surface area (Å²) in [4.78, 5) is 19.1. The van der Waals surface area contributed by atoms with Gasteiger partial charge >= 0.3 is 0 Å². The SMILES string of the molecule is CC(C)Sc1ccc(CC(=O)N2CCCSCC2CN2CCCC2)cc1. The summed E-state index contributed by atoms with van der Waals surface area (Å²) in [7, 11) is 0. The number of nitrogens with zero attached hydrogens (tertiary/aromatic N) is 2. The highest BCUT2D eigenvalue weighted by Crippen LogP contribution is 2.24. The van der Waals surface area contributed by atoms with Gasteiger partial charge in [0.1, 0.15) is 0 Å². The highest BCUT2D eigenvalue weighted by molar-refractivity contribution is 8.00. The van der Waals surface area contributed by atoms with Gasteiger partial charge in [0.15, 0.2) is 0 Å². The zero-order valence-corrected chi connectivity index (χ0v) is 17.8. The zero-order valence-electron chi connectivity index (χ0n) is 16.2. The summed E-state index contributed by atoms with van der Waals surface area (Å²) in [6.07, 6.45) is 4.29. The predicted octanol–water partition coefficient (Wildman–Crippen LogP) is 4.16. The number of carbonyl (C=O) groups is 1. The van der Waals surface area contributed by atoms with Crippen LogP contribution in [0.15, 0.2) is 29.2 Å². The molecule has 2 saturated heterocycles. The van der Waals surface area contributed by atoms with E-state index >= 15 is 0 Å². The molecule has 1 aromatic carbocycles. The lowest BCUT2D eigenvalue weighted by atomic mass is 10.1. The van der Waals surface area contributed by atoms with Gasteiger partial charge in [-0.3, -0.25) is 4.79 Å². The molecule has 2 fully saturated rings. The molecular formula is C21H32N2OS2. The first-order chi connectivity index (χ1) is 12.6. The third-order valence-corrected chi connectivity index (χ3v) is 7.29. The van der Waals surface area contributed by atoms with Gasteiger partial charge in [-0.25, -0.2) is 0 Å². The molecule has 0 aromatic heterocycles. The van der Waals surface area contributed by atoms with Gasteiger partial charge in [-0.2, -0.15) is 11.8 Å². The van der Waals surface area contributed by atoms with Crippen LogP contribution in [0.2, 0.25) is 0 Å². The molecule has 1 atom stereocenters. The quantitative estimate of drug-likeness (QED) is 0.678. The molecule has 26 heavy (non-hydrogen) atoms. The van der Waals surface area contributed by atoms with Crippen LogP contribution in [0.3, 0.4) is 0 Å². The fourth-order valence-corrected chi connectivity index (χ4v) is 5.70. The van der Waals surface area contributed by atoms with Gasteiger partial charge in [0.25, 0.3) is 0 Å². The van der Waals surface area contributed by atoms with Crippen LogP contribution in [0.25, 0.3) is 0 Å². The molecule has 2 aliphatic heterocycles. The standard InChI is InChI=1S/C21H32N2OS2/c1-17(2)26-20-8-6-18(7-9-20)14-21(24)23-12-5-13-25-16-19(23)15-22-10-3-4-11-22/h6-9,17,19H,3-5,10-16H2,1-2H3. The van der Waals surface area contributed by atoms with Gasteiger partial charge < -0.3 is 9.80 Å². The van der Waals surface area contributed by atoms with Gasteiger partial charge in [0, 0.05) is 29.0 Å². The van der Waals surface area contributed by atoms with Crippen molar-refractivity contribution in [1.29, 1.82) is 0 Å². The summed E-state index contributed by atoms with van der Waals surface area (Å²) in [5.74, 6) is 2.58. The van der Waals surface area contributed by atoms with Gasteiger partial charge in [-0.15, -0.1) is 11.8 Å². The second-order valence-corrected chi connectivity index (χ2v) is 10.5. The molecule has 2 aliphatic rings. The Labute approximate surface area is 167 Å². The first-order valence-corrected chi connectivity index (χ1v) is 12.0. The Bertz CT molecular complexity index is 570. The van der Waals surface area contributed by atoms with Gasteiger partial charge in [-0.1, -0.05) is 26.0 Å². The molecule has 5 heteroatoms. The third-order valence-electron chi connectivity index (χ3n) is 5.08. The maximum absolute atomic E-state index is 13.1. The number of rotatable bonds is 6.